The van der Waals surface area contributed by atoms with E-state index in [0.29, 0.717) is 38.7 Å². The highest BCUT2D eigenvalue weighted by Crippen LogP contribution is 2.34. The van der Waals surface area contributed by atoms with Crippen LogP contribution in [0.3, 0.4) is 0 Å². The number of aromatic nitrogens is 2. The Morgan fingerprint density at radius 1 is 1.31 bits per heavy atom. The second kappa shape index (κ2) is 8.12. The van der Waals surface area contributed by atoms with Crippen molar-refractivity contribution in [2.45, 2.75) is 19.8 Å². The zero-order valence-electron chi connectivity index (χ0n) is 16.2. The first-order valence-corrected chi connectivity index (χ1v) is 10.8. The molecule has 0 spiro atoms. The molecule has 0 aromatic carbocycles. The molecule has 1 amide bonds. The van der Waals surface area contributed by atoms with Crippen molar-refractivity contribution in [3.05, 3.63) is 57.9 Å². The van der Waals surface area contributed by atoms with E-state index in [4.69, 9.17) is 17.2 Å². The number of thioether (sulfide) groups is 1. The van der Waals surface area contributed by atoms with Gasteiger partial charge in [0.1, 0.15) is 15.8 Å². The summed E-state index contributed by atoms with van der Waals surface area (Å²) in [6.07, 6.45) is 7.10. The Labute approximate surface area is 178 Å². The summed E-state index contributed by atoms with van der Waals surface area (Å²) in [7, 11) is 0. The highest BCUT2D eigenvalue weighted by molar-refractivity contribution is 8.26. The van der Waals surface area contributed by atoms with Gasteiger partial charge in [0, 0.05) is 25.8 Å². The number of pyridine rings is 1. The number of nitrogens with zero attached hydrogens (tertiary/aromatic N) is 4. The van der Waals surface area contributed by atoms with Crippen LogP contribution >= 0.6 is 24.0 Å². The number of thiocarbonyl (C=S) groups is 1. The van der Waals surface area contributed by atoms with Crippen LogP contribution < -0.4 is 10.5 Å². The fourth-order valence-corrected chi connectivity index (χ4v) is 4.85. The fraction of sp³-hybridized carbons (Fsp3) is 0.333. The minimum absolute atomic E-state index is 0.182. The summed E-state index contributed by atoms with van der Waals surface area (Å²) >= 11 is 6.54. The topological polar surface area (TPSA) is 57.9 Å². The van der Waals surface area contributed by atoms with Crippen LogP contribution in [-0.4, -0.2) is 44.1 Å². The van der Waals surface area contributed by atoms with E-state index in [1.165, 1.54) is 21.1 Å². The average molecular weight is 427 g/mol. The molecule has 8 heteroatoms. The van der Waals surface area contributed by atoms with Gasteiger partial charge in [0.05, 0.1) is 10.5 Å². The third kappa shape index (κ3) is 3.74. The Bertz CT molecular complexity index is 1080. The van der Waals surface area contributed by atoms with Gasteiger partial charge < -0.3 is 4.90 Å². The summed E-state index contributed by atoms with van der Waals surface area (Å²) in [6.45, 7) is 7.96. The Hall–Kier alpha value is -2.45. The number of amides is 1. The first-order chi connectivity index (χ1) is 14.0. The van der Waals surface area contributed by atoms with E-state index in [1.54, 1.807) is 24.4 Å². The number of hydrogen-bond acceptors (Lipinski definition) is 6. The van der Waals surface area contributed by atoms with Crippen molar-refractivity contribution < 1.29 is 4.79 Å². The molecule has 0 aliphatic carbocycles. The minimum Gasteiger partial charge on any atom is -0.356 e. The molecular formula is C21H22N4O2S2. The lowest BCUT2D eigenvalue weighted by Gasteiger charge is -2.32. The first kappa shape index (κ1) is 19.8. The fourth-order valence-electron chi connectivity index (χ4n) is 3.60. The maximum atomic E-state index is 13.3. The molecule has 2 saturated heterocycles. The van der Waals surface area contributed by atoms with Crippen LogP contribution in [-0.2, 0) is 4.79 Å². The van der Waals surface area contributed by atoms with Gasteiger partial charge in [0.2, 0.25) is 0 Å². The predicted molar refractivity (Wildman–Crippen MR) is 122 cm³/mol. The van der Waals surface area contributed by atoms with E-state index >= 15 is 0 Å². The Morgan fingerprint density at radius 2 is 2.07 bits per heavy atom. The standard InChI is InChI=1S/C21H22N4O2S2/c1-3-9-25-20(27)16(29-21(25)28)13-15-18(23-11-7-14(2)8-12-23)22-17-6-4-5-10-24(17)19(15)26/h3-6,10,13-14H,1,7-9,11-12H2,2H3/b16-13+. The van der Waals surface area contributed by atoms with Gasteiger partial charge in [-0.05, 0) is 37.0 Å². The number of hydrogen-bond donors (Lipinski definition) is 0. The number of piperidine rings is 1. The van der Waals surface area contributed by atoms with Crippen LogP contribution in [0.4, 0.5) is 5.82 Å². The van der Waals surface area contributed by atoms with Crippen LogP contribution in [0.25, 0.3) is 11.7 Å². The molecule has 150 valence electrons. The monoisotopic (exact) mass is 426 g/mol. The highest BCUT2D eigenvalue weighted by Gasteiger charge is 2.32. The lowest BCUT2D eigenvalue weighted by Crippen LogP contribution is -2.36. The van der Waals surface area contributed by atoms with E-state index in [9.17, 15) is 9.59 Å². The zero-order chi connectivity index (χ0) is 20.5. The van der Waals surface area contributed by atoms with Crippen LogP contribution in [0, 0.1) is 5.92 Å². The van der Waals surface area contributed by atoms with Crippen molar-refractivity contribution in [2.75, 3.05) is 24.5 Å². The third-order valence-corrected chi connectivity index (χ3v) is 6.67. The first-order valence-electron chi connectivity index (χ1n) is 9.62. The molecule has 0 atom stereocenters. The van der Waals surface area contributed by atoms with Crippen LogP contribution in [0.15, 0.2) is 46.8 Å². The predicted octanol–water partition coefficient (Wildman–Crippen LogP) is 3.32. The van der Waals surface area contributed by atoms with Gasteiger partial charge in [-0.2, -0.15) is 0 Å². The molecule has 6 nitrogen and oxygen atoms in total. The van der Waals surface area contributed by atoms with Gasteiger partial charge >= 0.3 is 0 Å². The zero-order valence-corrected chi connectivity index (χ0v) is 17.8. The lowest BCUT2D eigenvalue weighted by molar-refractivity contribution is -0.121. The lowest BCUT2D eigenvalue weighted by atomic mass is 9.99. The van der Waals surface area contributed by atoms with Gasteiger partial charge in [-0.3, -0.25) is 18.9 Å². The van der Waals surface area contributed by atoms with Crippen molar-refractivity contribution in [1.29, 1.82) is 0 Å². The number of anilines is 1. The van der Waals surface area contributed by atoms with Gasteiger partial charge in [-0.1, -0.05) is 43.0 Å². The molecule has 0 radical (unpaired) electrons. The Morgan fingerprint density at radius 3 is 2.79 bits per heavy atom. The smallest absolute Gasteiger partial charge is 0.267 e. The van der Waals surface area contributed by atoms with Gasteiger partial charge in [-0.15, -0.1) is 6.58 Å². The molecule has 4 rings (SSSR count). The van der Waals surface area contributed by atoms with Gasteiger partial charge in [0.25, 0.3) is 11.5 Å². The van der Waals surface area contributed by atoms with Crippen LogP contribution in [0.5, 0.6) is 0 Å². The molecule has 4 heterocycles. The van der Waals surface area contributed by atoms with Crippen molar-refractivity contribution in [1.82, 2.24) is 14.3 Å². The Balaban J connectivity index is 1.84. The van der Waals surface area contributed by atoms with Crippen molar-refractivity contribution in [3.8, 4) is 0 Å². The SMILES string of the molecule is C=CCN1C(=O)/C(=C\c2c(N3CCC(C)CC3)nc3ccccn3c2=O)SC1=S. The minimum atomic E-state index is -0.198. The molecule has 0 saturated carbocycles. The van der Waals surface area contributed by atoms with Crippen molar-refractivity contribution in [2.24, 2.45) is 5.92 Å². The second-order valence-corrected chi connectivity index (χ2v) is 9.01. The summed E-state index contributed by atoms with van der Waals surface area (Å²) in [6, 6.07) is 5.49. The van der Waals surface area contributed by atoms with Gasteiger partial charge in [-0.25, -0.2) is 4.98 Å². The van der Waals surface area contributed by atoms with Gasteiger partial charge in [0.15, 0.2) is 0 Å². The average Bonchev–Trinajstić information content (AvgIpc) is 2.98. The molecule has 2 aromatic heterocycles. The van der Waals surface area contributed by atoms with E-state index in [0.717, 1.165) is 25.9 Å². The highest BCUT2D eigenvalue weighted by atomic mass is 32.2. The molecule has 29 heavy (non-hydrogen) atoms. The summed E-state index contributed by atoms with van der Waals surface area (Å²) in [4.78, 5) is 35.0. The Kier molecular flexibility index (Phi) is 5.56. The molecule has 2 aliphatic heterocycles. The number of carbonyl (C=O) groups is 1. The molecule has 2 fully saturated rings. The third-order valence-electron chi connectivity index (χ3n) is 5.29. The van der Waals surface area contributed by atoms with Crippen molar-refractivity contribution in [3.63, 3.8) is 0 Å². The normalized spacial score (nSPS) is 19.6. The quantitative estimate of drug-likeness (QED) is 0.425. The summed E-state index contributed by atoms with van der Waals surface area (Å²) < 4.78 is 2.00. The summed E-state index contributed by atoms with van der Waals surface area (Å²) in [5.41, 5.74) is 0.850. The van der Waals surface area contributed by atoms with E-state index in [1.807, 2.05) is 12.1 Å². The maximum absolute atomic E-state index is 13.3. The summed E-state index contributed by atoms with van der Waals surface area (Å²) in [5.74, 6) is 1.10. The van der Waals surface area contributed by atoms with Crippen LogP contribution in [0.2, 0.25) is 0 Å². The molecule has 2 aromatic rings. The summed E-state index contributed by atoms with van der Waals surface area (Å²) in [5, 5.41) is 0. The van der Waals surface area contributed by atoms with E-state index in [-0.39, 0.29) is 11.5 Å². The van der Waals surface area contributed by atoms with Crippen LogP contribution in [0.1, 0.15) is 25.3 Å². The van der Waals surface area contributed by atoms with Crippen molar-refractivity contribution >= 4 is 51.7 Å². The maximum Gasteiger partial charge on any atom is 0.267 e. The second-order valence-electron chi connectivity index (χ2n) is 7.33. The molecular weight excluding hydrogens is 404 g/mol. The van der Waals surface area contributed by atoms with E-state index < -0.39 is 0 Å². The molecule has 0 bridgehead atoms. The molecule has 2 aliphatic rings. The largest absolute Gasteiger partial charge is 0.356 e. The molecule has 0 unspecified atom stereocenters. The number of fused-ring (bicyclic) bond motifs is 1. The number of carbonyl (C=O) groups excluding carboxylic acids is 1. The molecule has 0 N–H and O–H groups in total. The number of rotatable bonds is 4. The van der Waals surface area contributed by atoms with E-state index in [2.05, 4.69) is 18.4 Å².